The molecule has 0 spiro atoms. The van der Waals surface area contributed by atoms with E-state index in [1.54, 1.807) is 6.92 Å². The predicted molar refractivity (Wildman–Crippen MR) is 91.9 cm³/mol. The van der Waals surface area contributed by atoms with Crippen molar-refractivity contribution >= 4 is 28.2 Å². The molecule has 0 aliphatic carbocycles. The summed E-state index contributed by atoms with van der Waals surface area (Å²) in [6.07, 6.45) is 0. The lowest BCUT2D eigenvalue weighted by molar-refractivity contribution is 0.0519. The molecule has 3 aromatic rings. The number of anilines is 2. The lowest BCUT2D eigenvalue weighted by Gasteiger charge is -2.06. The molecule has 2 aromatic carbocycles. The molecule has 1 heterocycles. The van der Waals surface area contributed by atoms with Gasteiger partial charge in [-0.2, -0.15) is 0 Å². The molecule has 0 saturated heterocycles. The van der Waals surface area contributed by atoms with Crippen LogP contribution in [-0.2, 0) is 11.3 Å². The van der Waals surface area contributed by atoms with Gasteiger partial charge >= 0.3 is 5.97 Å². The number of carbonyl (C=O) groups excluding carboxylic acids is 1. The van der Waals surface area contributed by atoms with E-state index in [1.807, 2.05) is 48.5 Å². The van der Waals surface area contributed by atoms with Gasteiger partial charge in [-0.25, -0.2) is 4.79 Å². The summed E-state index contributed by atoms with van der Waals surface area (Å²) in [5.41, 5.74) is 9.86. The third kappa shape index (κ3) is 3.05. The summed E-state index contributed by atoms with van der Waals surface area (Å²) >= 11 is 0. The number of carbonyl (C=O) groups is 1. The molecule has 5 nitrogen and oxygen atoms in total. The van der Waals surface area contributed by atoms with E-state index >= 15 is 0 Å². The number of hydrogen-bond donors (Lipinski definition) is 3. The minimum absolute atomic E-state index is 0.267. The molecule has 118 valence electrons. The number of para-hydroxylation sites is 1. The number of ether oxygens (including phenoxy) is 1. The van der Waals surface area contributed by atoms with Crippen molar-refractivity contribution in [3.63, 3.8) is 0 Å². The first-order valence-electron chi connectivity index (χ1n) is 7.56. The fraction of sp³-hybridized carbons (Fsp3) is 0.167. The fourth-order valence-corrected chi connectivity index (χ4v) is 2.60. The van der Waals surface area contributed by atoms with E-state index in [1.165, 1.54) is 0 Å². The fourth-order valence-electron chi connectivity index (χ4n) is 2.60. The van der Waals surface area contributed by atoms with Gasteiger partial charge < -0.3 is 20.8 Å². The van der Waals surface area contributed by atoms with Gasteiger partial charge in [0, 0.05) is 34.4 Å². The second-order valence-corrected chi connectivity index (χ2v) is 5.15. The van der Waals surface area contributed by atoms with E-state index in [4.69, 9.17) is 10.5 Å². The van der Waals surface area contributed by atoms with E-state index in [9.17, 15) is 4.79 Å². The van der Waals surface area contributed by atoms with Crippen LogP contribution in [0.3, 0.4) is 0 Å². The van der Waals surface area contributed by atoms with Crippen molar-refractivity contribution in [3.8, 4) is 0 Å². The second kappa shape index (κ2) is 6.54. The van der Waals surface area contributed by atoms with Crippen molar-refractivity contribution in [2.75, 3.05) is 11.9 Å². The van der Waals surface area contributed by atoms with E-state index in [-0.39, 0.29) is 12.5 Å². The lowest BCUT2D eigenvalue weighted by atomic mass is 10.1. The zero-order valence-electron chi connectivity index (χ0n) is 12.9. The minimum Gasteiger partial charge on any atom is -0.461 e. The maximum atomic E-state index is 12.0. The third-order valence-corrected chi connectivity index (χ3v) is 3.65. The summed E-state index contributed by atoms with van der Waals surface area (Å²) in [7, 11) is 0. The van der Waals surface area contributed by atoms with Crippen LogP contribution in [0.2, 0.25) is 0 Å². The number of H-pyrrole nitrogens is 1. The molecule has 0 amide bonds. The molecule has 0 fully saturated rings. The van der Waals surface area contributed by atoms with Crippen molar-refractivity contribution in [2.24, 2.45) is 5.73 Å². The lowest BCUT2D eigenvalue weighted by Crippen LogP contribution is -2.10. The molecule has 0 unspecified atom stereocenters. The van der Waals surface area contributed by atoms with Gasteiger partial charge in [0.2, 0.25) is 0 Å². The van der Waals surface area contributed by atoms with E-state index in [0.717, 1.165) is 27.8 Å². The van der Waals surface area contributed by atoms with Gasteiger partial charge in [-0.15, -0.1) is 0 Å². The van der Waals surface area contributed by atoms with Gasteiger partial charge in [0.05, 0.1) is 6.61 Å². The number of aromatic nitrogens is 1. The largest absolute Gasteiger partial charge is 0.461 e. The van der Waals surface area contributed by atoms with Crippen LogP contribution in [0, 0.1) is 0 Å². The molecule has 0 saturated carbocycles. The molecule has 0 radical (unpaired) electrons. The molecule has 0 atom stereocenters. The van der Waals surface area contributed by atoms with Crippen molar-refractivity contribution in [2.45, 2.75) is 13.5 Å². The smallest absolute Gasteiger partial charge is 0.355 e. The van der Waals surface area contributed by atoms with Crippen LogP contribution in [0.5, 0.6) is 0 Å². The van der Waals surface area contributed by atoms with Gasteiger partial charge in [-0.05, 0) is 37.3 Å². The van der Waals surface area contributed by atoms with Crippen molar-refractivity contribution in [3.05, 3.63) is 59.8 Å². The van der Waals surface area contributed by atoms with Crippen LogP contribution in [0.4, 0.5) is 11.4 Å². The van der Waals surface area contributed by atoms with Crippen LogP contribution in [0.15, 0.2) is 48.5 Å². The molecule has 0 aliphatic rings. The Balaban J connectivity index is 2.00. The Hall–Kier alpha value is -2.79. The van der Waals surface area contributed by atoms with Crippen LogP contribution in [0.25, 0.3) is 10.9 Å². The summed E-state index contributed by atoms with van der Waals surface area (Å²) in [4.78, 5) is 15.2. The maximum absolute atomic E-state index is 12.0. The molecular formula is C18H19N3O2. The second-order valence-electron chi connectivity index (χ2n) is 5.15. The quantitative estimate of drug-likeness (QED) is 0.630. The first-order chi connectivity index (χ1) is 11.2. The van der Waals surface area contributed by atoms with Crippen LogP contribution >= 0.6 is 0 Å². The average molecular weight is 309 g/mol. The van der Waals surface area contributed by atoms with Crippen LogP contribution in [0.1, 0.15) is 23.0 Å². The van der Waals surface area contributed by atoms with Gasteiger partial charge in [0.25, 0.3) is 0 Å². The Kier molecular flexibility index (Phi) is 4.30. The Labute approximate surface area is 134 Å². The first-order valence-corrected chi connectivity index (χ1v) is 7.56. The number of rotatable bonds is 5. The van der Waals surface area contributed by atoms with Crippen LogP contribution in [-0.4, -0.2) is 17.6 Å². The van der Waals surface area contributed by atoms with Gasteiger partial charge in [0.15, 0.2) is 0 Å². The Bertz CT molecular complexity index is 825. The van der Waals surface area contributed by atoms with Gasteiger partial charge in [0.1, 0.15) is 5.69 Å². The number of nitrogens with one attached hydrogen (secondary N) is 2. The number of esters is 1. The van der Waals surface area contributed by atoms with E-state index in [0.29, 0.717) is 12.3 Å². The average Bonchev–Trinajstić information content (AvgIpc) is 2.94. The summed E-state index contributed by atoms with van der Waals surface area (Å²) in [6.45, 7) is 2.38. The summed E-state index contributed by atoms with van der Waals surface area (Å²) < 4.78 is 5.08. The van der Waals surface area contributed by atoms with Crippen molar-refractivity contribution < 1.29 is 9.53 Å². The monoisotopic (exact) mass is 309 g/mol. The Morgan fingerprint density at radius 1 is 1.17 bits per heavy atom. The number of hydrogen-bond acceptors (Lipinski definition) is 4. The van der Waals surface area contributed by atoms with Crippen molar-refractivity contribution in [1.29, 1.82) is 0 Å². The van der Waals surface area contributed by atoms with Gasteiger partial charge in [-0.1, -0.05) is 18.2 Å². The molecule has 0 aliphatic heterocycles. The molecule has 0 bridgehead atoms. The number of benzene rings is 2. The first kappa shape index (κ1) is 15.1. The molecule has 23 heavy (non-hydrogen) atoms. The van der Waals surface area contributed by atoms with E-state index < -0.39 is 0 Å². The normalized spacial score (nSPS) is 10.7. The zero-order chi connectivity index (χ0) is 16.2. The highest BCUT2D eigenvalue weighted by molar-refractivity contribution is 5.99. The SMILES string of the molecule is CCOC(=O)c1[nH]c2ccc(Nc3ccccc3)cc2c1CN. The summed E-state index contributed by atoms with van der Waals surface area (Å²) in [6, 6.07) is 15.8. The number of aromatic amines is 1. The standard InChI is InChI=1S/C18H19N3O2/c1-2-23-18(22)17-15(11-19)14-10-13(8-9-16(14)21-17)20-12-6-4-3-5-7-12/h3-10,20-21H,2,11,19H2,1H3. The minimum atomic E-state index is -0.373. The number of nitrogens with two attached hydrogens (primary N) is 1. The predicted octanol–water partition coefficient (Wildman–Crippen LogP) is 3.55. The maximum Gasteiger partial charge on any atom is 0.355 e. The summed E-state index contributed by atoms with van der Waals surface area (Å²) in [5, 5.41) is 4.27. The molecule has 4 N–H and O–H groups in total. The zero-order valence-corrected chi connectivity index (χ0v) is 12.9. The number of fused-ring (bicyclic) bond motifs is 1. The highest BCUT2D eigenvalue weighted by Gasteiger charge is 2.18. The molecule has 1 aromatic heterocycles. The Morgan fingerprint density at radius 2 is 1.96 bits per heavy atom. The van der Waals surface area contributed by atoms with E-state index in [2.05, 4.69) is 10.3 Å². The van der Waals surface area contributed by atoms with Crippen molar-refractivity contribution in [1.82, 2.24) is 4.98 Å². The van der Waals surface area contributed by atoms with Gasteiger partial charge in [-0.3, -0.25) is 0 Å². The van der Waals surface area contributed by atoms with Crippen LogP contribution < -0.4 is 11.1 Å². The topological polar surface area (TPSA) is 80.1 Å². The molecule has 5 heteroatoms. The Morgan fingerprint density at radius 3 is 2.65 bits per heavy atom. The summed E-state index contributed by atoms with van der Waals surface area (Å²) in [5.74, 6) is -0.373. The molecule has 3 rings (SSSR count). The third-order valence-electron chi connectivity index (χ3n) is 3.65. The highest BCUT2D eigenvalue weighted by Crippen LogP contribution is 2.27. The highest BCUT2D eigenvalue weighted by atomic mass is 16.5. The molecular weight excluding hydrogens is 290 g/mol.